The standard InChI is InChI=1S/C18H26BFN2O3/c1-17(2)18(3,4)25-19(24-17)14(20)12-9-13(10-12)15-21-16(23-22-15)11-7-5-6-8-11/h11,13H,5-10H2,1-4H3. The molecule has 1 saturated heterocycles. The van der Waals surface area contributed by atoms with E-state index in [0.29, 0.717) is 24.6 Å². The molecule has 25 heavy (non-hydrogen) atoms. The van der Waals surface area contributed by atoms with Crippen molar-refractivity contribution in [1.82, 2.24) is 10.1 Å². The van der Waals surface area contributed by atoms with Gasteiger partial charge in [0, 0.05) is 11.8 Å². The molecular weight excluding hydrogens is 322 g/mol. The van der Waals surface area contributed by atoms with Crippen LogP contribution in [0.3, 0.4) is 0 Å². The molecule has 3 fully saturated rings. The van der Waals surface area contributed by atoms with Gasteiger partial charge in [0.2, 0.25) is 5.89 Å². The van der Waals surface area contributed by atoms with E-state index in [1.54, 1.807) is 0 Å². The molecule has 4 rings (SSSR count). The van der Waals surface area contributed by atoms with Crippen LogP contribution in [0, 0.1) is 0 Å². The molecule has 0 amide bonds. The van der Waals surface area contributed by atoms with E-state index in [4.69, 9.17) is 13.8 Å². The molecule has 2 heterocycles. The molecule has 1 aliphatic heterocycles. The van der Waals surface area contributed by atoms with Gasteiger partial charge in [0.1, 0.15) is 5.73 Å². The summed E-state index contributed by atoms with van der Waals surface area (Å²) in [5.41, 5.74) is -0.587. The lowest BCUT2D eigenvalue weighted by Crippen LogP contribution is -2.41. The highest BCUT2D eigenvalue weighted by molar-refractivity contribution is 6.53. The number of aromatic nitrogens is 2. The Bertz CT molecular complexity index is 670. The minimum Gasteiger partial charge on any atom is -0.398 e. The van der Waals surface area contributed by atoms with Crippen molar-refractivity contribution in [1.29, 1.82) is 0 Å². The molecule has 0 unspecified atom stereocenters. The highest BCUT2D eigenvalue weighted by Crippen LogP contribution is 2.46. The Hall–Kier alpha value is -1.21. The molecule has 1 aromatic rings. The monoisotopic (exact) mass is 348 g/mol. The third-order valence-electron chi connectivity index (χ3n) is 6.31. The Morgan fingerprint density at radius 1 is 1.04 bits per heavy atom. The molecule has 2 saturated carbocycles. The van der Waals surface area contributed by atoms with Gasteiger partial charge in [-0.2, -0.15) is 4.98 Å². The Morgan fingerprint density at radius 2 is 1.64 bits per heavy atom. The summed E-state index contributed by atoms with van der Waals surface area (Å²) in [6.07, 6.45) is 5.96. The normalized spacial score (nSPS) is 28.4. The Kier molecular flexibility index (Phi) is 4.07. The lowest BCUT2D eigenvalue weighted by Gasteiger charge is -2.32. The molecule has 0 spiro atoms. The van der Waals surface area contributed by atoms with Crippen LogP contribution in [0.2, 0.25) is 0 Å². The number of halogens is 1. The zero-order valence-electron chi connectivity index (χ0n) is 15.5. The van der Waals surface area contributed by atoms with E-state index in [-0.39, 0.29) is 11.6 Å². The maximum Gasteiger partial charge on any atom is 0.525 e. The van der Waals surface area contributed by atoms with E-state index < -0.39 is 18.3 Å². The van der Waals surface area contributed by atoms with Crippen LogP contribution < -0.4 is 0 Å². The third-order valence-corrected chi connectivity index (χ3v) is 6.31. The molecule has 5 nitrogen and oxygen atoms in total. The SMILES string of the molecule is CC1(C)OB(C(F)=C2CC(c3noc(C4CCCC4)n3)C2)OC1(C)C. The molecular formula is C18H26BFN2O3. The predicted molar refractivity (Wildman–Crippen MR) is 91.7 cm³/mol. The molecule has 1 aromatic heterocycles. The zero-order valence-corrected chi connectivity index (χ0v) is 15.5. The van der Waals surface area contributed by atoms with Gasteiger partial charge in [-0.05, 0) is 59.0 Å². The van der Waals surface area contributed by atoms with E-state index in [0.717, 1.165) is 24.3 Å². The summed E-state index contributed by atoms with van der Waals surface area (Å²) in [6.45, 7) is 7.72. The van der Waals surface area contributed by atoms with Crippen molar-refractivity contribution in [3.05, 3.63) is 23.0 Å². The first-order chi connectivity index (χ1) is 11.8. The summed E-state index contributed by atoms with van der Waals surface area (Å²) < 4.78 is 31.8. The minimum absolute atomic E-state index is 0.141. The van der Waals surface area contributed by atoms with Crippen LogP contribution in [0.1, 0.15) is 89.8 Å². The lowest BCUT2D eigenvalue weighted by molar-refractivity contribution is 0.00578. The van der Waals surface area contributed by atoms with E-state index in [1.807, 2.05) is 27.7 Å². The second-order valence-electron chi connectivity index (χ2n) is 8.62. The van der Waals surface area contributed by atoms with Crippen molar-refractivity contribution in [2.45, 2.75) is 89.3 Å². The fourth-order valence-electron chi connectivity index (χ4n) is 3.78. The first-order valence-electron chi connectivity index (χ1n) is 9.33. The molecule has 2 aliphatic carbocycles. The summed E-state index contributed by atoms with van der Waals surface area (Å²) >= 11 is 0. The van der Waals surface area contributed by atoms with Gasteiger partial charge in [-0.25, -0.2) is 4.39 Å². The van der Waals surface area contributed by atoms with Crippen LogP contribution in [0.15, 0.2) is 15.8 Å². The molecule has 136 valence electrons. The van der Waals surface area contributed by atoms with E-state index in [1.165, 1.54) is 12.8 Å². The van der Waals surface area contributed by atoms with Crippen LogP contribution in [-0.4, -0.2) is 28.5 Å². The molecule has 0 bridgehead atoms. The first kappa shape index (κ1) is 17.2. The molecule has 7 heteroatoms. The average Bonchev–Trinajstić information content (AvgIpc) is 3.18. The van der Waals surface area contributed by atoms with Gasteiger partial charge < -0.3 is 13.8 Å². The van der Waals surface area contributed by atoms with Crippen LogP contribution in [0.4, 0.5) is 4.39 Å². The quantitative estimate of drug-likeness (QED) is 0.755. The highest BCUT2D eigenvalue weighted by atomic mass is 19.1. The number of nitrogens with zero attached hydrogens (tertiary/aromatic N) is 2. The van der Waals surface area contributed by atoms with Gasteiger partial charge in [-0.1, -0.05) is 18.0 Å². The van der Waals surface area contributed by atoms with Crippen molar-refractivity contribution in [2.24, 2.45) is 0 Å². The van der Waals surface area contributed by atoms with Gasteiger partial charge >= 0.3 is 7.12 Å². The van der Waals surface area contributed by atoms with Crippen molar-refractivity contribution in [3.63, 3.8) is 0 Å². The second-order valence-corrected chi connectivity index (χ2v) is 8.62. The predicted octanol–water partition coefficient (Wildman–Crippen LogP) is 4.46. The van der Waals surface area contributed by atoms with Crippen molar-refractivity contribution >= 4 is 7.12 Å². The number of hydrogen-bond donors (Lipinski definition) is 0. The van der Waals surface area contributed by atoms with Crippen LogP contribution in [0.5, 0.6) is 0 Å². The van der Waals surface area contributed by atoms with E-state index >= 15 is 0 Å². The maximum absolute atomic E-state index is 14.7. The smallest absolute Gasteiger partial charge is 0.398 e. The summed E-state index contributed by atoms with van der Waals surface area (Å²) in [4.78, 5) is 4.57. The van der Waals surface area contributed by atoms with Crippen LogP contribution in [0.25, 0.3) is 0 Å². The van der Waals surface area contributed by atoms with Gasteiger partial charge in [0.05, 0.1) is 11.2 Å². The van der Waals surface area contributed by atoms with Crippen LogP contribution in [-0.2, 0) is 9.31 Å². The average molecular weight is 348 g/mol. The maximum atomic E-state index is 14.7. The molecule has 3 aliphatic rings. The Morgan fingerprint density at radius 3 is 2.24 bits per heavy atom. The highest BCUT2D eigenvalue weighted by Gasteiger charge is 2.54. The molecule has 0 aromatic carbocycles. The minimum atomic E-state index is -0.903. The molecule has 0 atom stereocenters. The Balaban J connectivity index is 1.40. The summed E-state index contributed by atoms with van der Waals surface area (Å²) in [6, 6.07) is 0. The van der Waals surface area contributed by atoms with Gasteiger partial charge in [-0.3, -0.25) is 0 Å². The Labute approximate surface area is 148 Å². The van der Waals surface area contributed by atoms with Crippen molar-refractivity contribution < 1.29 is 18.2 Å². The van der Waals surface area contributed by atoms with Gasteiger partial charge in [0.15, 0.2) is 5.82 Å². The number of rotatable bonds is 3. The van der Waals surface area contributed by atoms with Crippen molar-refractivity contribution in [3.8, 4) is 0 Å². The third kappa shape index (κ3) is 2.95. The molecule has 0 radical (unpaired) electrons. The van der Waals surface area contributed by atoms with E-state index in [9.17, 15) is 4.39 Å². The number of allylic oxidation sites excluding steroid dienone is 1. The summed E-state index contributed by atoms with van der Waals surface area (Å²) in [5, 5.41) is 4.13. The second kappa shape index (κ2) is 5.91. The topological polar surface area (TPSA) is 57.4 Å². The van der Waals surface area contributed by atoms with Gasteiger partial charge in [0.25, 0.3) is 0 Å². The largest absolute Gasteiger partial charge is 0.525 e. The van der Waals surface area contributed by atoms with Crippen LogP contribution >= 0.6 is 0 Å². The first-order valence-corrected chi connectivity index (χ1v) is 9.33. The summed E-state index contributed by atoms with van der Waals surface area (Å²) in [5.74, 6) is 2.03. The van der Waals surface area contributed by atoms with Crippen molar-refractivity contribution in [2.75, 3.05) is 0 Å². The fraction of sp³-hybridized carbons (Fsp3) is 0.778. The number of hydrogen-bond acceptors (Lipinski definition) is 5. The zero-order chi connectivity index (χ0) is 17.8. The lowest BCUT2D eigenvalue weighted by atomic mass is 9.72. The van der Waals surface area contributed by atoms with E-state index in [2.05, 4.69) is 10.1 Å². The summed E-state index contributed by atoms with van der Waals surface area (Å²) in [7, 11) is -0.903. The van der Waals surface area contributed by atoms with Gasteiger partial charge in [-0.15, -0.1) is 0 Å². The molecule has 0 N–H and O–H groups in total. The fourth-order valence-corrected chi connectivity index (χ4v) is 3.78.